The van der Waals surface area contributed by atoms with Gasteiger partial charge in [0, 0.05) is 31.5 Å². The molecule has 0 saturated carbocycles. The molecule has 0 bridgehead atoms. The highest BCUT2D eigenvalue weighted by Gasteiger charge is 2.15. The molecule has 2 rings (SSSR count). The molecule has 0 aromatic heterocycles. The van der Waals surface area contributed by atoms with Crippen LogP contribution in [0.1, 0.15) is 24.8 Å². The molecule has 6 nitrogen and oxygen atoms in total. The number of amides is 2. The molecule has 2 amide bonds. The van der Waals surface area contributed by atoms with E-state index < -0.39 is 0 Å². The van der Waals surface area contributed by atoms with Gasteiger partial charge < -0.3 is 21.1 Å². The summed E-state index contributed by atoms with van der Waals surface area (Å²) in [5, 5.41) is 5.70. The van der Waals surface area contributed by atoms with Crippen molar-refractivity contribution < 1.29 is 14.3 Å². The van der Waals surface area contributed by atoms with E-state index in [1.54, 1.807) is 6.07 Å². The Balaban J connectivity index is 2.03. The van der Waals surface area contributed by atoms with Crippen LogP contribution < -0.4 is 16.4 Å². The maximum Gasteiger partial charge on any atom is 0.227 e. The minimum Gasteiger partial charge on any atom is -0.380 e. The molecule has 0 aliphatic carbocycles. The number of carbonyl (C=O) groups excluding carboxylic acids is 2. The quantitative estimate of drug-likeness (QED) is 0.761. The Morgan fingerprint density at radius 3 is 3.00 bits per heavy atom. The summed E-state index contributed by atoms with van der Waals surface area (Å²) in [4.78, 5) is 23.4. The SMILES string of the molecule is COC(CN)CC(=O)Nc1ccc2c(c1)CCCC(=O)N2. The largest absolute Gasteiger partial charge is 0.380 e. The number of anilines is 2. The van der Waals surface area contributed by atoms with Crippen LogP contribution in [0.5, 0.6) is 0 Å². The van der Waals surface area contributed by atoms with Crippen LogP contribution in [0.15, 0.2) is 18.2 Å². The first-order valence-electron chi connectivity index (χ1n) is 7.08. The van der Waals surface area contributed by atoms with Crippen LogP contribution in [0.3, 0.4) is 0 Å². The van der Waals surface area contributed by atoms with Crippen molar-refractivity contribution in [2.45, 2.75) is 31.8 Å². The summed E-state index contributed by atoms with van der Waals surface area (Å²) in [6.07, 6.45) is 2.12. The lowest BCUT2D eigenvalue weighted by molar-refractivity contribution is -0.118. The molecular weight excluding hydrogens is 270 g/mol. The number of benzene rings is 1. The highest BCUT2D eigenvalue weighted by atomic mass is 16.5. The third kappa shape index (κ3) is 4.27. The Morgan fingerprint density at radius 2 is 2.29 bits per heavy atom. The zero-order chi connectivity index (χ0) is 15.2. The van der Waals surface area contributed by atoms with Crippen molar-refractivity contribution >= 4 is 23.2 Å². The fraction of sp³-hybridized carbons (Fsp3) is 0.467. The number of hydrogen-bond acceptors (Lipinski definition) is 4. The number of nitrogens with two attached hydrogens (primary N) is 1. The summed E-state index contributed by atoms with van der Waals surface area (Å²) in [6.45, 7) is 0.306. The monoisotopic (exact) mass is 291 g/mol. The molecule has 114 valence electrons. The molecule has 0 radical (unpaired) electrons. The second-order valence-corrected chi connectivity index (χ2v) is 5.12. The predicted octanol–water partition coefficient (Wildman–Crippen LogP) is 1.26. The van der Waals surface area contributed by atoms with Gasteiger partial charge in [0.2, 0.25) is 11.8 Å². The van der Waals surface area contributed by atoms with Crippen molar-refractivity contribution in [3.05, 3.63) is 23.8 Å². The number of hydrogen-bond donors (Lipinski definition) is 3. The molecule has 0 spiro atoms. The van der Waals surface area contributed by atoms with Gasteiger partial charge in [-0.15, -0.1) is 0 Å². The number of fused-ring (bicyclic) bond motifs is 1. The lowest BCUT2D eigenvalue weighted by Crippen LogP contribution is -2.28. The number of nitrogens with one attached hydrogen (secondary N) is 2. The molecular formula is C15H21N3O3. The number of carbonyl (C=O) groups is 2. The average molecular weight is 291 g/mol. The third-order valence-corrected chi connectivity index (χ3v) is 3.52. The van der Waals surface area contributed by atoms with Crippen LogP contribution in [-0.2, 0) is 20.7 Å². The van der Waals surface area contributed by atoms with E-state index in [2.05, 4.69) is 10.6 Å². The van der Waals surface area contributed by atoms with Gasteiger partial charge in [-0.3, -0.25) is 9.59 Å². The van der Waals surface area contributed by atoms with Gasteiger partial charge in [-0.1, -0.05) is 0 Å². The van der Waals surface area contributed by atoms with Crippen molar-refractivity contribution in [3.63, 3.8) is 0 Å². The third-order valence-electron chi connectivity index (χ3n) is 3.52. The van der Waals surface area contributed by atoms with Crippen LogP contribution >= 0.6 is 0 Å². The number of aryl methyl sites for hydroxylation is 1. The average Bonchev–Trinajstić information content (AvgIpc) is 2.65. The van der Waals surface area contributed by atoms with Gasteiger partial charge >= 0.3 is 0 Å². The fourth-order valence-corrected chi connectivity index (χ4v) is 2.33. The Bertz CT molecular complexity index is 527. The van der Waals surface area contributed by atoms with E-state index in [1.807, 2.05) is 12.1 Å². The summed E-state index contributed by atoms with van der Waals surface area (Å²) < 4.78 is 5.09. The smallest absolute Gasteiger partial charge is 0.227 e. The number of rotatable bonds is 5. The van der Waals surface area contributed by atoms with Gasteiger partial charge in [-0.25, -0.2) is 0 Å². The highest BCUT2D eigenvalue weighted by molar-refractivity contribution is 5.94. The van der Waals surface area contributed by atoms with E-state index in [1.165, 1.54) is 7.11 Å². The van der Waals surface area contributed by atoms with Crippen molar-refractivity contribution in [1.82, 2.24) is 0 Å². The molecule has 1 aliphatic rings. The van der Waals surface area contributed by atoms with Crippen molar-refractivity contribution in [3.8, 4) is 0 Å². The Labute approximate surface area is 124 Å². The lowest BCUT2D eigenvalue weighted by Gasteiger charge is -2.14. The van der Waals surface area contributed by atoms with Crippen molar-refractivity contribution in [2.24, 2.45) is 5.73 Å². The van der Waals surface area contributed by atoms with Gasteiger partial charge in [-0.2, -0.15) is 0 Å². The topological polar surface area (TPSA) is 93.4 Å². The predicted molar refractivity (Wildman–Crippen MR) is 81.1 cm³/mol. The molecule has 4 N–H and O–H groups in total. The molecule has 1 heterocycles. The molecule has 1 aromatic carbocycles. The van der Waals surface area contributed by atoms with E-state index in [9.17, 15) is 9.59 Å². The van der Waals surface area contributed by atoms with Gasteiger partial charge in [0.1, 0.15) is 0 Å². The molecule has 0 fully saturated rings. The first kappa shape index (κ1) is 15.5. The number of ether oxygens (including phenoxy) is 1. The maximum absolute atomic E-state index is 11.9. The van der Waals surface area contributed by atoms with E-state index in [0.717, 1.165) is 29.8 Å². The summed E-state index contributed by atoms with van der Waals surface area (Å²) >= 11 is 0. The molecule has 1 unspecified atom stereocenters. The molecule has 1 aromatic rings. The van der Waals surface area contributed by atoms with Gasteiger partial charge in [0.05, 0.1) is 12.5 Å². The Morgan fingerprint density at radius 1 is 1.48 bits per heavy atom. The number of methoxy groups -OCH3 is 1. The van der Waals surface area contributed by atoms with Gasteiger partial charge in [0.25, 0.3) is 0 Å². The molecule has 1 aliphatic heterocycles. The second-order valence-electron chi connectivity index (χ2n) is 5.12. The minimum absolute atomic E-state index is 0.0383. The van der Waals surface area contributed by atoms with Gasteiger partial charge in [-0.05, 0) is 36.6 Å². The summed E-state index contributed by atoms with van der Waals surface area (Å²) in [6, 6.07) is 5.51. The molecule has 1 atom stereocenters. The lowest BCUT2D eigenvalue weighted by atomic mass is 10.1. The summed E-state index contributed by atoms with van der Waals surface area (Å²) in [5.41, 5.74) is 8.09. The maximum atomic E-state index is 11.9. The fourth-order valence-electron chi connectivity index (χ4n) is 2.33. The van der Waals surface area contributed by atoms with Gasteiger partial charge in [0.15, 0.2) is 0 Å². The summed E-state index contributed by atoms with van der Waals surface area (Å²) in [5.74, 6) is -0.0960. The zero-order valence-corrected chi connectivity index (χ0v) is 12.1. The first-order chi connectivity index (χ1) is 10.1. The molecule has 6 heteroatoms. The minimum atomic E-state index is -0.273. The van der Waals surface area contributed by atoms with Crippen LogP contribution in [0, 0.1) is 0 Å². The zero-order valence-electron chi connectivity index (χ0n) is 12.1. The van der Waals surface area contributed by atoms with Crippen LogP contribution in [-0.4, -0.2) is 31.6 Å². The second kappa shape index (κ2) is 7.19. The van der Waals surface area contributed by atoms with Crippen molar-refractivity contribution in [2.75, 3.05) is 24.3 Å². The van der Waals surface area contributed by atoms with Crippen LogP contribution in [0.25, 0.3) is 0 Å². The Kier molecular flexibility index (Phi) is 5.30. The van der Waals surface area contributed by atoms with E-state index in [0.29, 0.717) is 13.0 Å². The highest BCUT2D eigenvalue weighted by Crippen LogP contribution is 2.25. The normalized spacial score (nSPS) is 15.6. The van der Waals surface area contributed by atoms with E-state index in [4.69, 9.17) is 10.5 Å². The Hall–Kier alpha value is -1.92. The standard InChI is InChI=1S/C15H21N3O3/c1-21-12(9-16)8-15(20)17-11-5-6-13-10(7-11)3-2-4-14(19)18-13/h5-7,12H,2-4,8-9,16H2,1H3,(H,17,20)(H,18,19). The first-order valence-corrected chi connectivity index (χ1v) is 7.08. The summed E-state index contributed by atoms with van der Waals surface area (Å²) in [7, 11) is 1.54. The van der Waals surface area contributed by atoms with Crippen molar-refractivity contribution in [1.29, 1.82) is 0 Å². The van der Waals surface area contributed by atoms with E-state index in [-0.39, 0.29) is 24.3 Å². The van der Waals surface area contributed by atoms with Crippen LogP contribution in [0.2, 0.25) is 0 Å². The molecule has 0 saturated heterocycles. The molecule has 21 heavy (non-hydrogen) atoms. The van der Waals surface area contributed by atoms with Crippen LogP contribution in [0.4, 0.5) is 11.4 Å². The van der Waals surface area contributed by atoms with E-state index >= 15 is 0 Å².